The summed E-state index contributed by atoms with van der Waals surface area (Å²) in [7, 11) is 0. The van der Waals surface area contributed by atoms with Crippen molar-refractivity contribution < 1.29 is 28.9 Å². The lowest BCUT2D eigenvalue weighted by atomic mass is 10.1. The number of nitrogens with zero attached hydrogens (tertiary/aromatic N) is 3. The number of carbonyl (C=O) groups is 2. The number of nitro groups is 2. The molecule has 2 aromatic rings. The van der Waals surface area contributed by atoms with E-state index in [1.807, 2.05) is 0 Å². The Morgan fingerprint density at radius 1 is 1.13 bits per heavy atom. The molecule has 30 heavy (non-hydrogen) atoms. The Morgan fingerprint density at radius 3 is 2.50 bits per heavy atom. The average Bonchev–Trinajstić information content (AvgIpc) is 2.73. The topological polar surface area (TPSA) is 154 Å². The second-order valence-electron chi connectivity index (χ2n) is 6.17. The minimum atomic E-state index is -0.863. The number of rotatable bonds is 6. The minimum Gasteiger partial charge on any atom is -0.444 e. The lowest BCUT2D eigenvalue weighted by Crippen LogP contribution is -2.41. The first-order chi connectivity index (χ1) is 14.3. The fourth-order valence-corrected chi connectivity index (χ4v) is 2.77. The van der Waals surface area contributed by atoms with Gasteiger partial charge < -0.3 is 14.4 Å². The maximum atomic E-state index is 12.0. The second kappa shape index (κ2) is 8.96. The van der Waals surface area contributed by atoms with E-state index in [0.717, 1.165) is 18.2 Å². The van der Waals surface area contributed by atoms with Crippen molar-refractivity contribution >= 4 is 34.7 Å². The van der Waals surface area contributed by atoms with Gasteiger partial charge >= 0.3 is 6.09 Å². The number of amides is 2. The summed E-state index contributed by atoms with van der Waals surface area (Å²) >= 11 is 0. The number of morpholine rings is 1. The summed E-state index contributed by atoms with van der Waals surface area (Å²) in [5, 5.41) is 24.3. The first-order valence-corrected chi connectivity index (χ1v) is 8.69. The van der Waals surface area contributed by atoms with Gasteiger partial charge in [0.15, 0.2) is 0 Å². The Morgan fingerprint density at radius 2 is 1.87 bits per heavy atom. The smallest absolute Gasteiger partial charge is 0.411 e. The first kappa shape index (κ1) is 20.7. The van der Waals surface area contributed by atoms with Crippen LogP contribution in [0.15, 0.2) is 42.5 Å². The van der Waals surface area contributed by atoms with Gasteiger partial charge in [-0.2, -0.15) is 0 Å². The zero-order chi connectivity index (χ0) is 21.7. The maximum absolute atomic E-state index is 12.0. The number of benzene rings is 2. The summed E-state index contributed by atoms with van der Waals surface area (Å²) < 4.78 is 10.1. The van der Waals surface area contributed by atoms with Crippen LogP contribution in [0.5, 0.6) is 0 Å². The fourth-order valence-electron chi connectivity index (χ4n) is 2.77. The SMILES string of the molecule is O=C(Nc1ccc(N2CCOCC2=O)cc1)OCc1ccc([N+](=O)[O-])cc1[N+](=O)[O-]. The van der Waals surface area contributed by atoms with Crippen molar-refractivity contribution in [2.24, 2.45) is 0 Å². The van der Waals surface area contributed by atoms with Crippen LogP contribution < -0.4 is 10.2 Å². The van der Waals surface area contributed by atoms with Crippen LogP contribution in [-0.2, 0) is 20.9 Å². The highest BCUT2D eigenvalue weighted by Crippen LogP contribution is 2.25. The van der Waals surface area contributed by atoms with Gasteiger partial charge in [0.25, 0.3) is 17.3 Å². The Labute approximate surface area is 169 Å². The van der Waals surface area contributed by atoms with E-state index >= 15 is 0 Å². The van der Waals surface area contributed by atoms with E-state index in [9.17, 15) is 29.8 Å². The highest BCUT2D eigenvalue weighted by Gasteiger charge is 2.21. The summed E-state index contributed by atoms with van der Waals surface area (Å²) in [5.74, 6) is -0.161. The Hall–Kier alpha value is -4.06. The van der Waals surface area contributed by atoms with Crippen LogP contribution >= 0.6 is 0 Å². The van der Waals surface area contributed by atoms with Gasteiger partial charge in [-0.05, 0) is 30.3 Å². The number of non-ortho nitro benzene ring substituents is 1. The molecule has 2 amide bonds. The molecule has 0 spiro atoms. The molecule has 12 nitrogen and oxygen atoms in total. The normalized spacial score (nSPS) is 13.6. The largest absolute Gasteiger partial charge is 0.444 e. The number of ether oxygens (including phenoxy) is 2. The number of nitrogens with one attached hydrogen (secondary N) is 1. The van der Waals surface area contributed by atoms with Crippen LogP contribution in [0.1, 0.15) is 5.56 Å². The van der Waals surface area contributed by atoms with Gasteiger partial charge in [-0.3, -0.25) is 30.3 Å². The van der Waals surface area contributed by atoms with Gasteiger partial charge in [0.2, 0.25) is 0 Å². The Kier molecular flexibility index (Phi) is 6.17. The van der Waals surface area contributed by atoms with Crippen molar-refractivity contribution in [2.45, 2.75) is 6.61 Å². The number of nitro benzene ring substituents is 2. The number of hydrogen-bond acceptors (Lipinski definition) is 8. The molecule has 0 saturated carbocycles. The molecule has 1 heterocycles. The van der Waals surface area contributed by atoms with E-state index in [-0.39, 0.29) is 18.1 Å². The van der Waals surface area contributed by atoms with Gasteiger partial charge in [0.1, 0.15) is 13.2 Å². The van der Waals surface area contributed by atoms with Gasteiger partial charge in [0, 0.05) is 24.0 Å². The first-order valence-electron chi connectivity index (χ1n) is 8.69. The van der Waals surface area contributed by atoms with Crippen LogP contribution in [0.2, 0.25) is 0 Å². The summed E-state index contributed by atoms with van der Waals surface area (Å²) in [6.07, 6.45) is -0.863. The average molecular weight is 416 g/mol. The molecular formula is C18H16N4O8. The molecule has 1 N–H and O–H groups in total. The van der Waals surface area contributed by atoms with E-state index < -0.39 is 33.9 Å². The van der Waals surface area contributed by atoms with Gasteiger partial charge in [0.05, 0.1) is 28.1 Å². The zero-order valence-corrected chi connectivity index (χ0v) is 15.5. The van der Waals surface area contributed by atoms with Crippen molar-refractivity contribution in [1.82, 2.24) is 0 Å². The van der Waals surface area contributed by atoms with Crippen molar-refractivity contribution in [2.75, 3.05) is 30.0 Å². The van der Waals surface area contributed by atoms with E-state index in [4.69, 9.17) is 9.47 Å². The zero-order valence-electron chi connectivity index (χ0n) is 15.5. The van der Waals surface area contributed by atoms with E-state index in [1.54, 1.807) is 29.2 Å². The van der Waals surface area contributed by atoms with Gasteiger partial charge in [-0.1, -0.05) is 0 Å². The summed E-state index contributed by atoms with van der Waals surface area (Å²) in [4.78, 5) is 45.7. The molecule has 0 atom stereocenters. The Balaban J connectivity index is 1.60. The molecule has 2 aromatic carbocycles. The molecule has 1 aliphatic heterocycles. The molecule has 12 heteroatoms. The van der Waals surface area contributed by atoms with Crippen LogP contribution in [0.3, 0.4) is 0 Å². The molecular weight excluding hydrogens is 400 g/mol. The maximum Gasteiger partial charge on any atom is 0.411 e. The molecule has 0 unspecified atom stereocenters. The van der Waals surface area contributed by atoms with Gasteiger partial charge in [-0.15, -0.1) is 0 Å². The van der Waals surface area contributed by atoms with Gasteiger partial charge in [-0.25, -0.2) is 4.79 Å². The summed E-state index contributed by atoms with van der Waals surface area (Å²) in [5.41, 5.74) is 0.110. The fraction of sp³-hybridized carbons (Fsp3) is 0.222. The number of hydrogen-bond donors (Lipinski definition) is 1. The molecule has 1 saturated heterocycles. The predicted octanol–water partition coefficient (Wildman–Crippen LogP) is 2.61. The van der Waals surface area contributed by atoms with Crippen LogP contribution in [-0.4, -0.2) is 41.6 Å². The molecule has 1 fully saturated rings. The lowest BCUT2D eigenvalue weighted by molar-refractivity contribution is -0.394. The van der Waals surface area contributed by atoms with Crippen LogP contribution in [0.4, 0.5) is 27.5 Å². The van der Waals surface area contributed by atoms with E-state index in [0.29, 0.717) is 24.5 Å². The summed E-state index contributed by atoms with van der Waals surface area (Å²) in [6, 6.07) is 9.52. The highest BCUT2D eigenvalue weighted by molar-refractivity contribution is 5.95. The molecule has 156 valence electrons. The number of carbonyl (C=O) groups excluding carboxylic acids is 2. The molecule has 1 aliphatic rings. The van der Waals surface area contributed by atoms with Crippen molar-refractivity contribution in [3.8, 4) is 0 Å². The van der Waals surface area contributed by atoms with Crippen molar-refractivity contribution in [3.63, 3.8) is 0 Å². The van der Waals surface area contributed by atoms with Crippen LogP contribution in [0.25, 0.3) is 0 Å². The molecule has 0 aliphatic carbocycles. The second-order valence-corrected chi connectivity index (χ2v) is 6.17. The van der Waals surface area contributed by atoms with E-state index in [2.05, 4.69) is 5.32 Å². The Bertz CT molecular complexity index is 992. The molecule has 3 rings (SSSR count). The lowest BCUT2D eigenvalue weighted by Gasteiger charge is -2.26. The third-order valence-corrected chi connectivity index (χ3v) is 4.25. The summed E-state index contributed by atoms with van der Waals surface area (Å²) in [6.45, 7) is 0.441. The monoisotopic (exact) mass is 416 g/mol. The molecule has 0 radical (unpaired) electrons. The third kappa shape index (κ3) is 4.86. The highest BCUT2D eigenvalue weighted by atomic mass is 16.6. The van der Waals surface area contributed by atoms with Crippen molar-refractivity contribution in [3.05, 3.63) is 68.3 Å². The standard InChI is InChI=1S/C18H16N4O8/c23-17-11-29-8-7-20(17)14-5-2-13(3-6-14)19-18(24)30-10-12-1-4-15(21(25)26)9-16(12)22(27)28/h1-6,9H,7-8,10-11H2,(H,19,24). The molecule has 0 bridgehead atoms. The third-order valence-electron chi connectivity index (χ3n) is 4.25. The minimum absolute atomic E-state index is 0.0150. The van der Waals surface area contributed by atoms with Crippen molar-refractivity contribution in [1.29, 1.82) is 0 Å². The van der Waals surface area contributed by atoms with Crippen LogP contribution in [0, 0.1) is 20.2 Å². The number of anilines is 2. The van der Waals surface area contributed by atoms with E-state index in [1.165, 1.54) is 0 Å². The quantitative estimate of drug-likeness (QED) is 0.557. The predicted molar refractivity (Wildman–Crippen MR) is 103 cm³/mol. The molecule has 0 aromatic heterocycles.